The summed E-state index contributed by atoms with van der Waals surface area (Å²) in [4.78, 5) is 2.57. The summed E-state index contributed by atoms with van der Waals surface area (Å²) in [5.74, 6) is 0.921. The first kappa shape index (κ1) is 15.4. The second kappa shape index (κ2) is 8.37. The van der Waals surface area contributed by atoms with Gasteiger partial charge in [-0.3, -0.25) is 4.68 Å². The highest BCUT2D eigenvalue weighted by Gasteiger charge is 2.21. The van der Waals surface area contributed by atoms with Gasteiger partial charge in [0.15, 0.2) is 0 Å². The van der Waals surface area contributed by atoms with E-state index in [4.69, 9.17) is 0 Å². The minimum atomic E-state index is 0.829. The van der Waals surface area contributed by atoms with Gasteiger partial charge < -0.3 is 10.2 Å². The first-order valence-electron chi connectivity index (χ1n) is 8.14. The highest BCUT2D eigenvalue weighted by atomic mass is 15.4. The lowest BCUT2D eigenvalue weighted by atomic mass is 10.0. The van der Waals surface area contributed by atoms with Gasteiger partial charge >= 0.3 is 0 Å². The van der Waals surface area contributed by atoms with Crippen LogP contribution in [0, 0.1) is 5.92 Å². The average Bonchev–Trinajstić information content (AvgIpc) is 3.07. The molecule has 1 saturated heterocycles. The Kier molecular flexibility index (Phi) is 6.47. The molecule has 2 rings (SSSR count). The molecular weight excluding hydrogens is 250 g/mol. The Balaban J connectivity index is 1.67. The zero-order valence-corrected chi connectivity index (χ0v) is 13.0. The van der Waals surface area contributed by atoms with Crippen LogP contribution in [0.4, 0.5) is 0 Å². The van der Waals surface area contributed by atoms with Crippen LogP contribution in [0.2, 0.25) is 0 Å². The highest BCUT2D eigenvalue weighted by Crippen LogP contribution is 2.20. The molecule has 0 aromatic carbocycles. The lowest BCUT2D eigenvalue weighted by Crippen LogP contribution is -2.25. The minimum Gasteiger partial charge on any atom is -0.311 e. The molecule has 0 spiro atoms. The number of rotatable bonds is 9. The highest BCUT2D eigenvalue weighted by molar-refractivity contribution is 4.91. The van der Waals surface area contributed by atoms with E-state index in [2.05, 4.69) is 40.6 Å². The van der Waals surface area contributed by atoms with Gasteiger partial charge in [0.25, 0.3) is 0 Å². The predicted molar refractivity (Wildman–Crippen MR) is 81.5 cm³/mol. The van der Waals surface area contributed by atoms with E-state index in [1.54, 1.807) is 0 Å². The van der Waals surface area contributed by atoms with Crippen molar-refractivity contribution in [2.45, 2.75) is 52.6 Å². The fraction of sp³-hybridized carbons (Fsp3) is 0.867. The normalized spacial score (nSPS) is 19.8. The lowest BCUT2D eigenvalue weighted by molar-refractivity contribution is 0.299. The Morgan fingerprint density at radius 1 is 1.30 bits per heavy atom. The number of hydrogen-bond donors (Lipinski definition) is 1. The molecular formula is C15H29N5. The molecule has 5 heteroatoms. The molecule has 0 aliphatic carbocycles. The molecule has 0 saturated carbocycles. The Morgan fingerprint density at radius 2 is 2.20 bits per heavy atom. The van der Waals surface area contributed by atoms with Crippen molar-refractivity contribution in [3.05, 3.63) is 11.9 Å². The van der Waals surface area contributed by atoms with Crippen molar-refractivity contribution < 1.29 is 0 Å². The van der Waals surface area contributed by atoms with Crippen molar-refractivity contribution in [2.24, 2.45) is 5.92 Å². The van der Waals surface area contributed by atoms with Crippen LogP contribution in [-0.2, 0) is 13.1 Å². The zero-order chi connectivity index (χ0) is 14.2. The van der Waals surface area contributed by atoms with Gasteiger partial charge in [-0.2, -0.15) is 0 Å². The Labute approximate surface area is 122 Å². The van der Waals surface area contributed by atoms with Crippen LogP contribution in [0.25, 0.3) is 0 Å². The van der Waals surface area contributed by atoms with Crippen LogP contribution in [0.1, 0.15) is 45.2 Å². The van der Waals surface area contributed by atoms with Gasteiger partial charge in [0, 0.05) is 25.8 Å². The summed E-state index contributed by atoms with van der Waals surface area (Å²) in [5.41, 5.74) is 1.05. The fourth-order valence-electron chi connectivity index (χ4n) is 2.93. The quantitative estimate of drug-likeness (QED) is 0.701. The molecule has 1 aromatic rings. The largest absolute Gasteiger partial charge is 0.311 e. The van der Waals surface area contributed by atoms with E-state index in [0.29, 0.717) is 0 Å². The van der Waals surface area contributed by atoms with Gasteiger partial charge in [-0.05, 0) is 38.3 Å². The molecule has 0 amide bonds. The minimum absolute atomic E-state index is 0.829. The molecule has 1 aliphatic heterocycles. The number of aromatic nitrogens is 3. The first-order valence-corrected chi connectivity index (χ1v) is 8.14. The molecule has 1 aliphatic rings. The predicted octanol–water partition coefficient (Wildman–Crippen LogP) is 1.90. The third-order valence-corrected chi connectivity index (χ3v) is 4.03. The van der Waals surface area contributed by atoms with E-state index in [1.807, 2.05) is 4.68 Å². The maximum absolute atomic E-state index is 4.21. The summed E-state index contributed by atoms with van der Waals surface area (Å²) in [5, 5.41) is 11.8. The second-order valence-corrected chi connectivity index (χ2v) is 5.89. The molecule has 1 atom stereocenters. The van der Waals surface area contributed by atoms with Gasteiger partial charge in [-0.1, -0.05) is 25.5 Å². The Morgan fingerprint density at radius 3 is 3.00 bits per heavy atom. The molecule has 0 radical (unpaired) electrons. The molecule has 20 heavy (non-hydrogen) atoms. The van der Waals surface area contributed by atoms with Gasteiger partial charge in [0.2, 0.25) is 0 Å². The van der Waals surface area contributed by atoms with Gasteiger partial charge in [-0.15, -0.1) is 5.10 Å². The summed E-state index contributed by atoms with van der Waals surface area (Å²) < 4.78 is 1.98. The van der Waals surface area contributed by atoms with Crippen LogP contribution in [0.3, 0.4) is 0 Å². The van der Waals surface area contributed by atoms with E-state index >= 15 is 0 Å². The number of likely N-dealkylation sites (tertiary alicyclic amines) is 1. The topological polar surface area (TPSA) is 46.0 Å². The monoisotopic (exact) mass is 279 g/mol. The fourth-order valence-corrected chi connectivity index (χ4v) is 2.93. The molecule has 5 nitrogen and oxygen atoms in total. The standard InChI is InChI=1S/C15H29N5/c1-3-5-14-6-8-19(12-14)9-10-20-13-15(17-18-20)11-16-7-4-2/h13-14,16H,3-12H2,1-2H3. The number of nitrogens with zero attached hydrogens (tertiary/aromatic N) is 4. The van der Waals surface area contributed by atoms with Crippen molar-refractivity contribution in [3.63, 3.8) is 0 Å². The third kappa shape index (κ3) is 4.87. The van der Waals surface area contributed by atoms with Gasteiger partial charge in [0.1, 0.15) is 0 Å². The van der Waals surface area contributed by atoms with Crippen LogP contribution < -0.4 is 5.32 Å². The maximum atomic E-state index is 4.21. The third-order valence-electron chi connectivity index (χ3n) is 4.03. The van der Waals surface area contributed by atoms with E-state index in [9.17, 15) is 0 Å². The van der Waals surface area contributed by atoms with Crippen LogP contribution in [0.15, 0.2) is 6.20 Å². The first-order chi connectivity index (χ1) is 9.81. The lowest BCUT2D eigenvalue weighted by Gasteiger charge is -2.15. The molecule has 1 aromatic heterocycles. The zero-order valence-electron chi connectivity index (χ0n) is 13.0. The van der Waals surface area contributed by atoms with Crippen molar-refractivity contribution in [1.82, 2.24) is 25.2 Å². The van der Waals surface area contributed by atoms with Crippen molar-refractivity contribution in [2.75, 3.05) is 26.2 Å². The Bertz CT molecular complexity index is 376. The van der Waals surface area contributed by atoms with Crippen LogP contribution in [-0.4, -0.2) is 46.1 Å². The van der Waals surface area contributed by atoms with Gasteiger partial charge in [-0.25, -0.2) is 0 Å². The number of nitrogens with one attached hydrogen (secondary N) is 1. The maximum Gasteiger partial charge on any atom is 0.0964 e. The van der Waals surface area contributed by atoms with E-state index in [1.165, 1.54) is 32.4 Å². The summed E-state index contributed by atoms with van der Waals surface area (Å²) in [7, 11) is 0. The van der Waals surface area contributed by atoms with E-state index in [0.717, 1.165) is 44.2 Å². The SMILES string of the molecule is CCCNCc1cn(CCN2CCC(CCC)C2)nn1. The molecule has 1 unspecified atom stereocenters. The van der Waals surface area contributed by atoms with Crippen molar-refractivity contribution in [1.29, 1.82) is 0 Å². The number of hydrogen-bond acceptors (Lipinski definition) is 4. The smallest absolute Gasteiger partial charge is 0.0964 e. The average molecular weight is 279 g/mol. The van der Waals surface area contributed by atoms with Gasteiger partial charge in [0.05, 0.1) is 12.2 Å². The summed E-state index contributed by atoms with van der Waals surface area (Å²) >= 11 is 0. The summed E-state index contributed by atoms with van der Waals surface area (Å²) in [6.45, 7) is 10.9. The molecule has 114 valence electrons. The molecule has 1 N–H and O–H groups in total. The van der Waals surface area contributed by atoms with Crippen molar-refractivity contribution in [3.8, 4) is 0 Å². The molecule has 1 fully saturated rings. The molecule has 0 bridgehead atoms. The van der Waals surface area contributed by atoms with Crippen molar-refractivity contribution >= 4 is 0 Å². The second-order valence-electron chi connectivity index (χ2n) is 5.89. The summed E-state index contributed by atoms with van der Waals surface area (Å²) in [6.07, 6.45) is 7.30. The van der Waals surface area contributed by atoms with E-state index in [-0.39, 0.29) is 0 Å². The molecule has 2 heterocycles. The van der Waals surface area contributed by atoms with Crippen LogP contribution in [0.5, 0.6) is 0 Å². The summed E-state index contributed by atoms with van der Waals surface area (Å²) in [6, 6.07) is 0. The van der Waals surface area contributed by atoms with E-state index < -0.39 is 0 Å². The van der Waals surface area contributed by atoms with Crippen LogP contribution >= 0.6 is 0 Å². The Hall–Kier alpha value is -0.940.